The molecule has 10 heteroatoms. The Morgan fingerprint density at radius 3 is 1.74 bits per heavy atom. The average Bonchev–Trinajstić information content (AvgIpc) is 2.89. The number of nitrogens with zero attached hydrogens (tertiary/aromatic N) is 2. The zero-order chi connectivity index (χ0) is 27.2. The van der Waals surface area contributed by atoms with Crippen LogP contribution in [-0.4, -0.2) is 29.0 Å². The van der Waals surface area contributed by atoms with Gasteiger partial charge in [-0.25, -0.2) is 9.97 Å². The second kappa shape index (κ2) is 12.3. The average molecular weight is 541 g/mol. The Labute approximate surface area is 219 Å². The fourth-order valence-electron chi connectivity index (χ4n) is 5.26. The maximum Gasteiger partial charge on any atom is 0.573 e. The number of hydrogen-bond acceptors (Lipinski definition) is 5. The van der Waals surface area contributed by atoms with Crippen LogP contribution < -0.4 is 14.2 Å². The molecule has 4 rings (SSSR count). The lowest BCUT2D eigenvalue weighted by atomic mass is 9.78. The van der Waals surface area contributed by atoms with E-state index < -0.39 is 24.1 Å². The number of rotatable bonds is 9. The zero-order valence-corrected chi connectivity index (χ0v) is 21.3. The molecule has 0 spiro atoms. The monoisotopic (exact) mass is 540 g/mol. The van der Waals surface area contributed by atoms with E-state index in [4.69, 9.17) is 9.47 Å². The maximum absolute atomic E-state index is 14.7. The highest BCUT2D eigenvalue weighted by molar-refractivity contribution is 5.31. The molecule has 38 heavy (non-hydrogen) atoms. The molecule has 0 unspecified atom stereocenters. The van der Waals surface area contributed by atoms with Crippen LogP contribution in [0, 0.1) is 17.8 Å². The molecule has 2 fully saturated rings. The number of alkyl halides is 5. The van der Waals surface area contributed by atoms with Crippen molar-refractivity contribution in [3.05, 3.63) is 54.6 Å². The lowest BCUT2D eigenvalue weighted by molar-refractivity contribution is -0.274. The standard InChI is InChI=1S/C28H33F5N2O3/c1-2-36-25-17-34-26(35-18-25)21-9-5-19(6-10-21)3-4-20-7-11-22(12-8-20)27(29,30)37-23-13-15-24(16-14-23)38-28(31,32)33/h3-4,13-22H,2,5-12H2,1H3/b4-3+. The zero-order valence-electron chi connectivity index (χ0n) is 21.3. The molecular weight excluding hydrogens is 507 g/mol. The van der Waals surface area contributed by atoms with Gasteiger partial charge in [-0.3, -0.25) is 0 Å². The molecule has 0 bridgehead atoms. The van der Waals surface area contributed by atoms with E-state index in [0.717, 1.165) is 55.8 Å². The van der Waals surface area contributed by atoms with Gasteiger partial charge in [0.25, 0.3) is 0 Å². The van der Waals surface area contributed by atoms with Crippen LogP contribution in [0.15, 0.2) is 48.8 Å². The van der Waals surface area contributed by atoms with Crippen molar-refractivity contribution in [2.45, 2.75) is 76.7 Å². The summed E-state index contributed by atoms with van der Waals surface area (Å²) in [7, 11) is 0. The van der Waals surface area contributed by atoms with Gasteiger partial charge in [0.1, 0.15) is 17.3 Å². The summed E-state index contributed by atoms with van der Waals surface area (Å²) in [6.07, 6.45) is 5.71. The molecule has 0 amide bonds. The third-order valence-electron chi connectivity index (χ3n) is 7.31. The van der Waals surface area contributed by atoms with Crippen molar-refractivity contribution in [3.63, 3.8) is 0 Å². The number of hydrogen-bond donors (Lipinski definition) is 0. The molecule has 0 radical (unpaired) electrons. The molecule has 1 aromatic heterocycles. The number of aromatic nitrogens is 2. The molecule has 2 saturated carbocycles. The van der Waals surface area contributed by atoms with Crippen LogP contribution in [0.4, 0.5) is 22.0 Å². The summed E-state index contributed by atoms with van der Waals surface area (Å²) in [6.45, 7) is 2.50. The van der Waals surface area contributed by atoms with Gasteiger partial charge in [-0.2, -0.15) is 8.78 Å². The van der Waals surface area contributed by atoms with Gasteiger partial charge < -0.3 is 14.2 Å². The third kappa shape index (κ3) is 8.04. The van der Waals surface area contributed by atoms with Crippen LogP contribution in [0.5, 0.6) is 17.2 Å². The highest BCUT2D eigenvalue weighted by atomic mass is 19.4. The van der Waals surface area contributed by atoms with Gasteiger partial charge in [-0.1, -0.05) is 12.2 Å². The SMILES string of the molecule is CCOc1cnc(C2CCC(/C=C/C3CCC(C(F)(F)Oc4ccc(OC(F)(F)F)cc4)CC3)CC2)nc1. The fraction of sp³-hybridized carbons (Fsp3) is 0.571. The van der Waals surface area contributed by atoms with Crippen LogP contribution in [-0.2, 0) is 0 Å². The van der Waals surface area contributed by atoms with Gasteiger partial charge in [-0.05, 0) is 94.4 Å². The molecule has 0 atom stereocenters. The van der Waals surface area contributed by atoms with Crippen molar-refractivity contribution < 1.29 is 36.2 Å². The third-order valence-corrected chi connectivity index (χ3v) is 7.31. The van der Waals surface area contributed by atoms with E-state index in [9.17, 15) is 22.0 Å². The Hall–Kier alpha value is -2.91. The summed E-state index contributed by atoms with van der Waals surface area (Å²) in [4.78, 5) is 8.93. The Bertz CT molecular complexity index is 1030. The molecule has 2 aliphatic rings. The normalized spacial score (nSPS) is 24.8. The minimum Gasteiger partial charge on any atom is -0.491 e. The van der Waals surface area contributed by atoms with E-state index >= 15 is 0 Å². The Morgan fingerprint density at radius 1 is 0.737 bits per heavy atom. The van der Waals surface area contributed by atoms with Gasteiger partial charge >= 0.3 is 12.5 Å². The summed E-state index contributed by atoms with van der Waals surface area (Å²) in [6, 6.07) is 4.03. The first-order chi connectivity index (χ1) is 18.1. The minimum absolute atomic E-state index is 0.196. The van der Waals surface area contributed by atoms with E-state index in [2.05, 4.69) is 26.9 Å². The Balaban J connectivity index is 1.20. The number of ether oxygens (including phenoxy) is 3. The van der Waals surface area contributed by atoms with Gasteiger partial charge in [0.05, 0.1) is 24.9 Å². The lowest BCUT2D eigenvalue weighted by Gasteiger charge is -2.32. The first-order valence-corrected chi connectivity index (χ1v) is 13.2. The van der Waals surface area contributed by atoms with Crippen LogP contribution in [0.2, 0.25) is 0 Å². The van der Waals surface area contributed by atoms with Gasteiger partial charge in [0, 0.05) is 5.92 Å². The number of allylic oxidation sites excluding steroid dienone is 2. The molecular formula is C28H33F5N2O3. The largest absolute Gasteiger partial charge is 0.573 e. The number of halogens is 5. The molecule has 5 nitrogen and oxygen atoms in total. The van der Waals surface area contributed by atoms with Crippen molar-refractivity contribution in [1.29, 1.82) is 0 Å². The highest BCUT2D eigenvalue weighted by Crippen LogP contribution is 2.41. The van der Waals surface area contributed by atoms with E-state index in [-0.39, 0.29) is 11.7 Å². The number of benzene rings is 1. The molecule has 1 aromatic carbocycles. The van der Waals surface area contributed by atoms with Crippen molar-refractivity contribution in [3.8, 4) is 17.2 Å². The van der Waals surface area contributed by atoms with Gasteiger partial charge in [0.15, 0.2) is 5.75 Å². The van der Waals surface area contributed by atoms with Crippen LogP contribution in [0.1, 0.15) is 70.0 Å². The first kappa shape index (κ1) is 28.1. The molecule has 1 heterocycles. The van der Waals surface area contributed by atoms with Gasteiger partial charge in [-0.15, -0.1) is 13.2 Å². The van der Waals surface area contributed by atoms with E-state index in [1.54, 1.807) is 12.4 Å². The van der Waals surface area contributed by atoms with Crippen molar-refractivity contribution >= 4 is 0 Å². The van der Waals surface area contributed by atoms with Crippen LogP contribution in [0.3, 0.4) is 0 Å². The van der Waals surface area contributed by atoms with Gasteiger partial charge in [0.2, 0.25) is 0 Å². The summed E-state index contributed by atoms with van der Waals surface area (Å²) in [5, 5.41) is 0. The fourth-order valence-corrected chi connectivity index (χ4v) is 5.26. The lowest BCUT2D eigenvalue weighted by Crippen LogP contribution is -2.37. The van der Waals surface area contributed by atoms with Crippen molar-refractivity contribution in [2.24, 2.45) is 17.8 Å². The molecule has 2 aromatic rings. The first-order valence-electron chi connectivity index (χ1n) is 13.2. The highest BCUT2D eigenvalue weighted by Gasteiger charge is 2.43. The molecule has 0 N–H and O–H groups in total. The quantitative estimate of drug-likeness (QED) is 0.238. The molecule has 0 saturated heterocycles. The summed E-state index contributed by atoms with van der Waals surface area (Å²) < 4.78 is 80.3. The predicted octanol–water partition coefficient (Wildman–Crippen LogP) is 8.08. The topological polar surface area (TPSA) is 53.5 Å². The van der Waals surface area contributed by atoms with Crippen LogP contribution in [0.25, 0.3) is 0 Å². The second-order valence-corrected chi connectivity index (χ2v) is 10.0. The summed E-state index contributed by atoms with van der Waals surface area (Å²) in [5.74, 6) is 0.998. The predicted molar refractivity (Wildman–Crippen MR) is 131 cm³/mol. The molecule has 208 valence electrons. The van der Waals surface area contributed by atoms with E-state index in [1.807, 2.05) is 6.92 Å². The second-order valence-electron chi connectivity index (χ2n) is 10.0. The van der Waals surface area contributed by atoms with E-state index in [1.165, 1.54) is 0 Å². The Morgan fingerprint density at radius 2 is 1.24 bits per heavy atom. The maximum atomic E-state index is 14.7. The van der Waals surface area contributed by atoms with Crippen molar-refractivity contribution in [2.75, 3.05) is 6.61 Å². The smallest absolute Gasteiger partial charge is 0.491 e. The summed E-state index contributed by atoms with van der Waals surface area (Å²) in [5.41, 5.74) is 0. The Kier molecular flexibility index (Phi) is 9.10. The van der Waals surface area contributed by atoms with E-state index in [0.29, 0.717) is 49.9 Å². The van der Waals surface area contributed by atoms with Crippen LogP contribution >= 0.6 is 0 Å². The summed E-state index contributed by atoms with van der Waals surface area (Å²) >= 11 is 0. The minimum atomic E-state index is -4.84. The van der Waals surface area contributed by atoms with Crippen molar-refractivity contribution in [1.82, 2.24) is 9.97 Å². The molecule has 0 aliphatic heterocycles. The molecule has 2 aliphatic carbocycles.